The van der Waals surface area contributed by atoms with Gasteiger partial charge in [0.2, 0.25) is 0 Å². The van der Waals surface area contributed by atoms with Gasteiger partial charge >= 0.3 is 0 Å². The molecular formula is C13H19N3. The fraction of sp³-hybridized carbons (Fsp3) is 0.538. The Balaban J connectivity index is 2.79. The SMILES string of the molecule is CC(C)c1ncc(C(C)C)c2c1cnn2C. The molecule has 2 aromatic rings. The lowest BCUT2D eigenvalue weighted by Crippen LogP contribution is -2.01. The van der Waals surface area contributed by atoms with E-state index in [0.29, 0.717) is 11.8 Å². The molecule has 0 atom stereocenters. The van der Waals surface area contributed by atoms with Gasteiger partial charge in [0.25, 0.3) is 0 Å². The van der Waals surface area contributed by atoms with Crippen LogP contribution in [0.4, 0.5) is 0 Å². The molecule has 0 spiro atoms. The Bertz CT molecular complexity index is 509. The Morgan fingerprint density at radius 3 is 2.31 bits per heavy atom. The van der Waals surface area contributed by atoms with Crippen LogP contribution in [0.3, 0.4) is 0 Å². The predicted octanol–water partition coefficient (Wildman–Crippen LogP) is 3.22. The van der Waals surface area contributed by atoms with E-state index in [1.807, 2.05) is 24.1 Å². The molecule has 0 aliphatic carbocycles. The molecule has 0 N–H and O–H groups in total. The van der Waals surface area contributed by atoms with Crippen molar-refractivity contribution in [1.82, 2.24) is 14.8 Å². The normalized spacial score (nSPS) is 11.9. The summed E-state index contributed by atoms with van der Waals surface area (Å²) in [6.07, 6.45) is 3.94. The van der Waals surface area contributed by atoms with Crippen LogP contribution in [-0.2, 0) is 7.05 Å². The molecule has 2 heterocycles. The van der Waals surface area contributed by atoms with Crippen LogP contribution in [0.5, 0.6) is 0 Å². The third kappa shape index (κ3) is 1.60. The Kier molecular flexibility index (Phi) is 2.70. The summed E-state index contributed by atoms with van der Waals surface area (Å²) in [5, 5.41) is 5.56. The van der Waals surface area contributed by atoms with Gasteiger partial charge in [0, 0.05) is 18.6 Å². The lowest BCUT2D eigenvalue weighted by atomic mass is 9.99. The lowest BCUT2D eigenvalue weighted by Gasteiger charge is -2.12. The van der Waals surface area contributed by atoms with Crippen LogP contribution in [0.25, 0.3) is 10.9 Å². The molecule has 0 aliphatic heterocycles. The van der Waals surface area contributed by atoms with Crippen LogP contribution >= 0.6 is 0 Å². The predicted molar refractivity (Wildman–Crippen MR) is 66.7 cm³/mol. The van der Waals surface area contributed by atoms with Gasteiger partial charge in [0.15, 0.2) is 0 Å². The van der Waals surface area contributed by atoms with Crippen LogP contribution in [0.15, 0.2) is 12.4 Å². The first-order valence-corrected chi connectivity index (χ1v) is 5.82. The van der Waals surface area contributed by atoms with Crippen LogP contribution in [0.1, 0.15) is 50.8 Å². The smallest absolute Gasteiger partial charge is 0.0747 e. The van der Waals surface area contributed by atoms with Crippen molar-refractivity contribution in [2.75, 3.05) is 0 Å². The number of fused-ring (bicyclic) bond motifs is 1. The van der Waals surface area contributed by atoms with Crippen molar-refractivity contribution >= 4 is 10.9 Å². The zero-order valence-corrected chi connectivity index (χ0v) is 10.7. The molecule has 0 unspecified atom stereocenters. The second-order valence-electron chi connectivity index (χ2n) is 4.94. The van der Waals surface area contributed by atoms with E-state index in [-0.39, 0.29) is 0 Å². The Hall–Kier alpha value is -1.38. The first-order chi connectivity index (χ1) is 7.52. The van der Waals surface area contributed by atoms with Gasteiger partial charge in [-0.3, -0.25) is 9.67 Å². The van der Waals surface area contributed by atoms with E-state index in [4.69, 9.17) is 0 Å². The standard InChI is InChI=1S/C13H19N3/c1-8(2)10-6-14-12(9(3)4)11-7-15-16(5)13(10)11/h6-9H,1-5H3. The number of pyridine rings is 1. The van der Waals surface area contributed by atoms with Crippen molar-refractivity contribution in [2.24, 2.45) is 7.05 Å². The van der Waals surface area contributed by atoms with Crippen LogP contribution in [0, 0.1) is 0 Å². The maximum absolute atomic E-state index is 4.59. The maximum Gasteiger partial charge on any atom is 0.0747 e. The van der Waals surface area contributed by atoms with E-state index in [2.05, 4.69) is 37.8 Å². The molecule has 16 heavy (non-hydrogen) atoms. The van der Waals surface area contributed by atoms with Gasteiger partial charge in [-0.1, -0.05) is 27.7 Å². The molecule has 0 radical (unpaired) electrons. The fourth-order valence-corrected chi connectivity index (χ4v) is 2.12. The van der Waals surface area contributed by atoms with E-state index >= 15 is 0 Å². The van der Waals surface area contributed by atoms with Gasteiger partial charge < -0.3 is 0 Å². The highest BCUT2D eigenvalue weighted by atomic mass is 15.2. The molecular weight excluding hydrogens is 198 g/mol. The largest absolute Gasteiger partial charge is 0.268 e. The van der Waals surface area contributed by atoms with Gasteiger partial charge in [-0.25, -0.2) is 0 Å². The van der Waals surface area contributed by atoms with Crippen molar-refractivity contribution in [1.29, 1.82) is 0 Å². The lowest BCUT2D eigenvalue weighted by molar-refractivity contribution is 0.774. The number of hydrogen-bond donors (Lipinski definition) is 0. The highest BCUT2D eigenvalue weighted by Crippen LogP contribution is 2.29. The average molecular weight is 217 g/mol. The third-order valence-electron chi connectivity index (χ3n) is 3.00. The second kappa shape index (κ2) is 3.89. The maximum atomic E-state index is 4.59. The van der Waals surface area contributed by atoms with E-state index in [1.165, 1.54) is 16.5 Å². The summed E-state index contributed by atoms with van der Waals surface area (Å²) in [7, 11) is 2.00. The molecule has 2 aromatic heterocycles. The number of rotatable bonds is 2. The minimum absolute atomic E-state index is 0.438. The molecule has 0 aromatic carbocycles. The molecule has 2 rings (SSSR count). The summed E-state index contributed by atoms with van der Waals surface area (Å²) in [6, 6.07) is 0. The first-order valence-electron chi connectivity index (χ1n) is 5.82. The highest BCUT2D eigenvalue weighted by Gasteiger charge is 2.15. The average Bonchev–Trinajstić information content (AvgIpc) is 2.59. The van der Waals surface area contributed by atoms with Gasteiger partial charge in [0.1, 0.15) is 0 Å². The monoisotopic (exact) mass is 217 g/mol. The van der Waals surface area contributed by atoms with Crippen molar-refractivity contribution < 1.29 is 0 Å². The molecule has 0 aliphatic rings. The molecule has 0 saturated carbocycles. The quantitative estimate of drug-likeness (QED) is 0.773. The second-order valence-corrected chi connectivity index (χ2v) is 4.94. The fourth-order valence-electron chi connectivity index (χ4n) is 2.12. The summed E-state index contributed by atoms with van der Waals surface area (Å²) in [5.74, 6) is 0.916. The number of aromatic nitrogens is 3. The van der Waals surface area contributed by atoms with Gasteiger partial charge in [-0.2, -0.15) is 5.10 Å². The van der Waals surface area contributed by atoms with Gasteiger partial charge in [0.05, 0.1) is 17.4 Å². The summed E-state index contributed by atoms with van der Waals surface area (Å²) in [4.78, 5) is 4.59. The summed E-state index contributed by atoms with van der Waals surface area (Å²) >= 11 is 0. The van der Waals surface area contributed by atoms with E-state index in [0.717, 1.165) is 5.69 Å². The number of aryl methyl sites for hydroxylation is 1. The van der Waals surface area contributed by atoms with Crippen molar-refractivity contribution in [3.8, 4) is 0 Å². The van der Waals surface area contributed by atoms with Crippen LogP contribution in [0.2, 0.25) is 0 Å². The summed E-state index contributed by atoms with van der Waals surface area (Å²) in [6.45, 7) is 8.73. The molecule has 0 saturated heterocycles. The molecule has 3 nitrogen and oxygen atoms in total. The Labute approximate surface area is 96.5 Å². The van der Waals surface area contributed by atoms with Crippen molar-refractivity contribution in [2.45, 2.75) is 39.5 Å². The Morgan fingerprint density at radius 1 is 1.06 bits per heavy atom. The topological polar surface area (TPSA) is 30.7 Å². The van der Waals surface area contributed by atoms with Crippen LogP contribution in [-0.4, -0.2) is 14.8 Å². The number of nitrogens with zero attached hydrogens (tertiary/aromatic N) is 3. The van der Waals surface area contributed by atoms with E-state index in [1.54, 1.807) is 0 Å². The molecule has 0 amide bonds. The molecule has 3 heteroatoms. The van der Waals surface area contributed by atoms with Gasteiger partial charge in [-0.15, -0.1) is 0 Å². The van der Waals surface area contributed by atoms with Crippen molar-refractivity contribution in [3.63, 3.8) is 0 Å². The minimum atomic E-state index is 0.438. The van der Waals surface area contributed by atoms with Crippen LogP contribution < -0.4 is 0 Å². The summed E-state index contributed by atoms with van der Waals surface area (Å²) in [5.41, 5.74) is 3.65. The van der Waals surface area contributed by atoms with E-state index < -0.39 is 0 Å². The number of hydrogen-bond acceptors (Lipinski definition) is 2. The minimum Gasteiger partial charge on any atom is -0.268 e. The third-order valence-corrected chi connectivity index (χ3v) is 3.00. The molecule has 0 bridgehead atoms. The van der Waals surface area contributed by atoms with E-state index in [9.17, 15) is 0 Å². The first kappa shape index (κ1) is 11.1. The molecule has 86 valence electrons. The Morgan fingerprint density at radius 2 is 1.75 bits per heavy atom. The molecule has 0 fully saturated rings. The summed E-state index contributed by atoms with van der Waals surface area (Å²) < 4.78 is 1.96. The highest BCUT2D eigenvalue weighted by molar-refractivity contribution is 5.84. The van der Waals surface area contributed by atoms with Gasteiger partial charge in [-0.05, 0) is 17.4 Å². The van der Waals surface area contributed by atoms with Crippen molar-refractivity contribution in [3.05, 3.63) is 23.7 Å². The zero-order chi connectivity index (χ0) is 11.9. The zero-order valence-electron chi connectivity index (χ0n) is 10.7.